The molecule has 1 amide bonds. The van der Waals surface area contributed by atoms with Crippen molar-refractivity contribution >= 4 is 5.91 Å². The molecule has 1 atom stereocenters. The maximum Gasteiger partial charge on any atom is 0.229 e. The van der Waals surface area contributed by atoms with E-state index in [9.17, 15) is 4.79 Å². The van der Waals surface area contributed by atoms with Crippen LogP contribution < -0.4 is 4.74 Å². The lowest BCUT2D eigenvalue weighted by Crippen LogP contribution is -2.51. The smallest absolute Gasteiger partial charge is 0.229 e. The zero-order chi connectivity index (χ0) is 17.2. The number of carbonyl (C=O) groups is 1. The molecule has 2 aliphatic rings. The molecular formula is C19H23N3O3. The van der Waals surface area contributed by atoms with Gasteiger partial charge < -0.3 is 14.2 Å². The number of rotatable bonds is 3. The number of benzene rings is 1. The first-order valence-corrected chi connectivity index (χ1v) is 8.83. The minimum absolute atomic E-state index is 0.0710. The second-order valence-electron chi connectivity index (χ2n) is 6.86. The maximum atomic E-state index is 12.8. The van der Waals surface area contributed by atoms with Gasteiger partial charge in [-0.15, -0.1) is 0 Å². The van der Waals surface area contributed by atoms with Crippen LogP contribution in [-0.2, 0) is 17.8 Å². The van der Waals surface area contributed by atoms with Crippen LogP contribution in [0.15, 0.2) is 34.9 Å². The van der Waals surface area contributed by atoms with Crippen molar-refractivity contribution < 1.29 is 14.1 Å². The minimum atomic E-state index is -0.0710. The summed E-state index contributed by atoms with van der Waals surface area (Å²) in [6.07, 6.45) is 0.770. The van der Waals surface area contributed by atoms with E-state index in [4.69, 9.17) is 9.26 Å². The van der Waals surface area contributed by atoms with Crippen molar-refractivity contribution in [3.63, 3.8) is 0 Å². The van der Waals surface area contributed by atoms with Gasteiger partial charge in [-0.25, -0.2) is 0 Å². The summed E-state index contributed by atoms with van der Waals surface area (Å²) in [7, 11) is 0. The van der Waals surface area contributed by atoms with Crippen molar-refractivity contribution in [3.05, 3.63) is 47.3 Å². The molecule has 6 heteroatoms. The van der Waals surface area contributed by atoms with Gasteiger partial charge in [0.15, 0.2) is 5.76 Å². The van der Waals surface area contributed by atoms with E-state index >= 15 is 0 Å². The van der Waals surface area contributed by atoms with Gasteiger partial charge in [0, 0.05) is 32.2 Å². The second kappa shape index (κ2) is 6.88. The third-order valence-electron chi connectivity index (χ3n) is 4.97. The average molecular weight is 341 g/mol. The summed E-state index contributed by atoms with van der Waals surface area (Å²) in [6.45, 7) is 6.38. The number of ether oxygens (including phenoxy) is 1. The Hall–Kier alpha value is -2.34. The molecule has 25 heavy (non-hydrogen) atoms. The van der Waals surface area contributed by atoms with Crippen LogP contribution >= 0.6 is 0 Å². The number of hydrogen-bond donors (Lipinski definition) is 0. The highest BCUT2D eigenvalue weighted by Crippen LogP contribution is 2.28. The number of aromatic nitrogens is 1. The topological polar surface area (TPSA) is 58.8 Å². The van der Waals surface area contributed by atoms with Gasteiger partial charge >= 0.3 is 0 Å². The normalized spacial score (nSPS) is 20.8. The molecule has 1 aromatic heterocycles. The standard InChI is InChI=1S/C19H23N3O3/c1-14-10-17(25-20-14)12-21-6-8-22(9-7-21)19(23)16-11-15-4-2-3-5-18(15)24-13-16/h2-5,10,16H,6-9,11-13H2,1H3. The lowest BCUT2D eigenvalue weighted by molar-refractivity contribution is -0.138. The van der Waals surface area contributed by atoms with Crippen LogP contribution in [0.25, 0.3) is 0 Å². The first-order chi connectivity index (χ1) is 12.2. The van der Waals surface area contributed by atoms with Gasteiger partial charge in [0.2, 0.25) is 5.91 Å². The summed E-state index contributed by atoms with van der Waals surface area (Å²) in [4.78, 5) is 17.1. The molecule has 0 aliphatic carbocycles. The molecule has 0 N–H and O–H groups in total. The van der Waals surface area contributed by atoms with E-state index in [-0.39, 0.29) is 11.8 Å². The second-order valence-corrected chi connectivity index (χ2v) is 6.86. The fourth-order valence-corrected chi connectivity index (χ4v) is 3.58. The quantitative estimate of drug-likeness (QED) is 0.853. The van der Waals surface area contributed by atoms with Crippen molar-refractivity contribution in [1.82, 2.24) is 15.0 Å². The number of para-hydroxylation sites is 1. The van der Waals surface area contributed by atoms with Crippen molar-refractivity contribution in [1.29, 1.82) is 0 Å². The fraction of sp³-hybridized carbons (Fsp3) is 0.474. The first kappa shape index (κ1) is 16.1. The Balaban J connectivity index is 1.31. The van der Waals surface area contributed by atoms with E-state index in [1.807, 2.05) is 42.2 Å². The van der Waals surface area contributed by atoms with Gasteiger partial charge in [0.1, 0.15) is 12.4 Å². The molecule has 3 heterocycles. The summed E-state index contributed by atoms with van der Waals surface area (Å²) in [5.74, 6) is 1.94. The minimum Gasteiger partial charge on any atom is -0.492 e. The number of amides is 1. The third kappa shape index (κ3) is 3.54. The number of aryl methyl sites for hydroxylation is 1. The van der Waals surface area contributed by atoms with Gasteiger partial charge in [-0.2, -0.15) is 0 Å². The number of fused-ring (bicyclic) bond motifs is 1. The van der Waals surface area contributed by atoms with Crippen molar-refractivity contribution in [3.8, 4) is 5.75 Å². The van der Waals surface area contributed by atoms with Gasteiger partial charge in [-0.3, -0.25) is 9.69 Å². The number of carbonyl (C=O) groups excluding carboxylic acids is 1. The Morgan fingerprint density at radius 3 is 2.80 bits per heavy atom. The van der Waals surface area contributed by atoms with E-state index in [1.54, 1.807) is 0 Å². The molecule has 132 valence electrons. The van der Waals surface area contributed by atoms with Crippen LogP contribution in [0, 0.1) is 12.8 Å². The Kier molecular flexibility index (Phi) is 4.44. The summed E-state index contributed by atoms with van der Waals surface area (Å²) >= 11 is 0. The molecule has 0 radical (unpaired) electrons. The molecule has 6 nitrogen and oxygen atoms in total. The Morgan fingerprint density at radius 2 is 2.04 bits per heavy atom. The molecule has 1 fully saturated rings. The number of nitrogens with zero attached hydrogens (tertiary/aromatic N) is 3. The van der Waals surface area contributed by atoms with E-state index in [2.05, 4.69) is 10.1 Å². The van der Waals surface area contributed by atoms with Crippen LogP contribution in [0.3, 0.4) is 0 Å². The molecule has 1 unspecified atom stereocenters. The highest BCUT2D eigenvalue weighted by Gasteiger charge is 2.31. The molecule has 4 rings (SSSR count). The largest absolute Gasteiger partial charge is 0.492 e. The van der Waals surface area contributed by atoms with Crippen molar-refractivity contribution in [2.24, 2.45) is 5.92 Å². The van der Waals surface area contributed by atoms with Gasteiger partial charge in [0.05, 0.1) is 18.2 Å². The molecule has 2 aliphatic heterocycles. The van der Waals surface area contributed by atoms with Crippen LogP contribution in [0.1, 0.15) is 17.0 Å². The SMILES string of the molecule is Cc1cc(CN2CCN(C(=O)C3COc4ccccc4C3)CC2)on1. The van der Waals surface area contributed by atoms with Gasteiger partial charge in [-0.05, 0) is 25.0 Å². The lowest BCUT2D eigenvalue weighted by Gasteiger charge is -2.36. The van der Waals surface area contributed by atoms with E-state index < -0.39 is 0 Å². The molecule has 1 saturated heterocycles. The first-order valence-electron chi connectivity index (χ1n) is 8.83. The molecular weight excluding hydrogens is 318 g/mol. The van der Waals surface area contributed by atoms with Gasteiger partial charge in [-0.1, -0.05) is 23.4 Å². The zero-order valence-electron chi connectivity index (χ0n) is 14.5. The van der Waals surface area contributed by atoms with Crippen LogP contribution in [0.4, 0.5) is 0 Å². The predicted molar refractivity (Wildman–Crippen MR) is 92.2 cm³/mol. The Morgan fingerprint density at radius 1 is 1.24 bits per heavy atom. The van der Waals surface area contributed by atoms with Gasteiger partial charge in [0.25, 0.3) is 0 Å². The van der Waals surface area contributed by atoms with Crippen LogP contribution in [0.2, 0.25) is 0 Å². The van der Waals surface area contributed by atoms with E-state index in [1.165, 1.54) is 0 Å². The highest BCUT2D eigenvalue weighted by atomic mass is 16.5. The summed E-state index contributed by atoms with van der Waals surface area (Å²) < 4.78 is 11.1. The fourth-order valence-electron chi connectivity index (χ4n) is 3.58. The monoisotopic (exact) mass is 341 g/mol. The lowest BCUT2D eigenvalue weighted by atomic mass is 9.95. The van der Waals surface area contributed by atoms with Crippen molar-refractivity contribution in [2.45, 2.75) is 19.9 Å². The zero-order valence-corrected chi connectivity index (χ0v) is 14.5. The van der Waals surface area contributed by atoms with Crippen molar-refractivity contribution in [2.75, 3.05) is 32.8 Å². The predicted octanol–water partition coefficient (Wildman–Crippen LogP) is 1.88. The van der Waals surface area contributed by atoms with E-state index in [0.717, 1.165) is 61.9 Å². The molecule has 2 aromatic rings. The average Bonchev–Trinajstić information content (AvgIpc) is 3.06. The Labute approximate surface area is 147 Å². The van der Waals surface area contributed by atoms with Crippen LogP contribution in [-0.4, -0.2) is 53.6 Å². The van der Waals surface area contributed by atoms with Crippen LogP contribution in [0.5, 0.6) is 5.75 Å². The third-order valence-corrected chi connectivity index (χ3v) is 4.97. The molecule has 0 spiro atoms. The molecule has 0 bridgehead atoms. The number of piperazine rings is 1. The highest BCUT2D eigenvalue weighted by molar-refractivity contribution is 5.80. The van der Waals surface area contributed by atoms with E-state index in [0.29, 0.717) is 6.61 Å². The Bertz CT molecular complexity index is 750. The molecule has 0 saturated carbocycles. The maximum absolute atomic E-state index is 12.8. The number of hydrogen-bond acceptors (Lipinski definition) is 5. The summed E-state index contributed by atoms with van der Waals surface area (Å²) in [5.41, 5.74) is 2.04. The summed E-state index contributed by atoms with van der Waals surface area (Å²) in [6, 6.07) is 9.95. The summed E-state index contributed by atoms with van der Waals surface area (Å²) in [5, 5.41) is 3.92. The molecule has 1 aromatic carbocycles.